The minimum atomic E-state index is -0.940. The van der Waals surface area contributed by atoms with Gasteiger partial charge in [0.1, 0.15) is 22.1 Å². The number of carboxylic acids is 1. The third-order valence-corrected chi connectivity index (χ3v) is 9.04. The third kappa shape index (κ3) is 5.65. The average molecular weight is 504 g/mol. The molecule has 0 bridgehead atoms. The topological polar surface area (TPSA) is 97.3 Å². The number of hydrogen-bond acceptors (Lipinski definition) is 7. The minimum absolute atomic E-state index is 0.0105. The zero-order valence-electron chi connectivity index (χ0n) is 20.7. The molecule has 3 aliphatic rings. The Labute approximate surface area is 211 Å². The molecule has 6 atom stereocenters. The quantitative estimate of drug-likeness (QED) is 0.316. The molecule has 2 aliphatic heterocycles. The number of aliphatic hydroxyl groups is 1. The number of rotatable bonds is 10. The van der Waals surface area contributed by atoms with Gasteiger partial charge < -0.3 is 29.7 Å². The van der Waals surface area contributed by atoms with Gasteiger partial charge in [0.05, 0.1) is 32.0 Å². The smallest absolute Gasteiger partial charge is 0.352 e. The number of hydrogen-bond donors (Lipinski definition) is 3. The molecule has 0 amide bonds. The molecule has 192 valence electrons. The van der Waals surface area contributed by atoms with Crippen molar-refractivity contribution in [3.63, 3.8) is 0 Å². The van der Waals surface area contributed by atoms with Crippen LogP contribution in [0.1, 0.15) is 46.0 Å². The zero-order chi connectivity index (χ0) is 25.0. The Balaban J connectivity index is 1.26. The number of thioether (sulfide) groups is 1. The fourth-order valence-corrected chi connectivity index (χ4v) is 6.74. The van der Waals surface area contributed by atoms with E-state index in [-0.39, 0.29) is 35.7 Å². The van der Waals surface area contributed by atoms with Crippen LogP contribution in [0.2, 0.25) is 0 Å². The molecule has 35 heavy (non-hydrogen) atoms. The third-order valence-electron chi connectivity index (χ3n) is 7.46. The molecule has 8 heteroatoms. The van der Waals surface area contributed by atoms with Gasteiger partial charge in [-0.05, 0) is 61.8 Å². The highest BCUT2D eigenvalue weighted by Gasteiger charge is 2.53. The molecule has 3 N–H and O–H groups in total. The molecular formula is C27H37NO6S. The summed E-state index contributed by atoms with van der Waals surface area (Å²) < 4.78 is 17.5. The number of benzene rings is 1. The van der Waals surface area contributed by atoms with Crippen molar-refractivity contribution in [2.75, 3.05) is 13.7 Å². The van der Waals surface area contributed by atoms with Crippen LogP contribution in [-0.4, -0.2) is 53.1 Å². The lowest BCUT2D eigenvalue weighted by molar-refractivity contribution is -0.133. The van der Waals surface area contributed by atoms with Crippen LogP contribution >= 0.6 is 11.8 Å². The lowest BCUT2D eigenvalue weighted by Crippen LogP contribution is -2.57. The summed E-state index contributed by atoms with van der Waals surface area (Å²) in [5.74, 6) is 1.27. The number of unbranched alkanes of at least 4 members (excludes halogenated alkanes) is 1. The van der Waals surface area contributed by atoms with E-state index in [1.807, 2.05) is 24.3 Å². The van der Waals surface area contributed by atoms with E-state index in [1.54, 1.807) is 12.5 Å². The van der Waals surface area contributed by atoms with Gasteiger partial charge in [-0.1, -0.05) is 26.0 Å². The molecule has 1 aromatic rings. The molecule has 0 aromatic heterocycles. The highest BCUT2D eigenvalue weighted by atomic mass is 32.2. The molecule has 7 nitrogen and oxygen atoms in total. The number of nitrogens with one attached hydrogen (secondary N) is 1. The normalized spacial score (nSPS) is 32.4. The lowest BCUT2D eigenvalue weighted by atomic mass is 9.83. The molecule has 4 rings (SSSR count). The molecule has 1 aromatic carbocycles. The second kappa shape index (κ2) is 11.3. The van der Waals surface area contributed by atoms with Gasteiger partial charge in [0, 0.05) is 17.7 Å². The second-order valence-corrected chi connectivity index (χ2v) is 11.1. The fraction of sp³-hybridized carbons (Fsp3) is 0.593. The summed E-state index contributed by atoms with van der Waals surface area (Å²) in [5.41, 5.74) is 0.234. The molecule has 1 unspecified atom stereocenters. The number of fused-ring (bicyclic) bond motifs is 1. The molecule has 1 aliphatic carbocycles. The maximum absolute atomic E-state index is 11.5. The van der Waals surface area contributed by atoms with Crippen LogP contribution in [0.3, 0.4) is 0 Å². The van der Waals surface area contributed by atoms with Gasteiger partial charge in [0.15, 0.2) is 0 Å². The van der Waals surface area contributed by atoms with Crippen LogP contribution in [0.4, 0.5) is 0 Å². The first-order valence-corrected chi connectivity index (χ1v) is 13.4. The number of ether oxygens (including phenoxy) is 3. The molecule has 2 fully saturated rings. The van der Waals surface area contributed by atoms with E-state index in [1.165, 1.54) is 11.8 Å². The standard InChI is InChI=1S/C27H37NO6S/c1-17(2)27(28-22(16-35-27)26(30)31)25-13-12-21-20(23(29)15-24(21)34-25)7-5-4-6-14-33-19-10-8-18(32-3)9-11-19/h5,7-11,16-17,20-21,23-25,28-29H,4,6,12-15H2,1-3H3,(H,30,31)/b7-5+/t20-,21-,23-,24+,25-,27?/m1/s1. The lowest BCUT2D eigenvalue weighted by Gasteiger charge is -2.46. The van der Waals surface area contributed by atoms with Crippen molar-refractivity contribution in [1.82, 2.24) is 5.32 Å². The number of methoxy groups -OCH3 is 1. The van der Waals surface area contributed by atoms with Crippen molar-refractivity contribution in [2.45, 2.75) is 69.1 Å². The zero-order valence-corrected chi connectivity index (χ0v) is 21.5. The van der Waals surface area contributed by atoms with Gasteiger partial charge in [0.25, 0.3) is 0 Å². The molecule has 0 radical (unpaired) electrons. The van der Waals surface area contributed by atoms with E-state index in [9.17, 15) is 15.0 Å². The van der Waals surface area contributed by atoms with Crippen LogP contribution in [-0.2, 0) is 9.53 Å². The Kier molecular flexibility index (Phi) is 8.34. The summed E-state index contributed by atoms with van der Waals surface area (Å²) >= 11 is 1.52. The summed E-state index contributed by atoms with van der Waals surface area (Å²) in [6, 6.07) is 7.58. The minimum Gasteiger partial charge on any atom is -0.497 e. The van der Waals surface area contributed by atoms with Crippen molar-refractivity contribution in [3.8, 4) is 11.5 Å². The summed E-state index contributed by atoms with van der Waals surface area (Å²) in [6.45, 7) is 4.83. The first-order valence-electron chi connectivity index (χ1n) is 12.5. The monoisotopic (exact) mass is 503 g/mol. The first-order chi connectivity index (χ1) is 16.8. The van der Waals surface area contributed by atoms with Crippen LogP contribution in [0.5, 0.6) is 11.5 Å². The van der Waals surface area contributed by atoms with Gasteiger partial charge in [-0.3, -0.25) is 0 Å². The van der Waals surface area contributed by atoms with Gasteiger partial charge >= 0.3 is 5.97 Å². The van der Waals surface area contributed by atoms with Gasteiger partial charge in [0.2, 0.25) is 0 Å². The van der Waals surface area contributed by atoms with Crippen molar-refractivity contribution in [3.05, 3.63) is 47.5 Å². The predicted molar refractivity (Wildman–Crippen MR) is 136 cm³/mol. The van der Waals surface area contributed by atoms with Crippen LogP contribution in [0.25, 0.3) is 0 Å². The molecule has 2 heterocycles. The van der Waals surface area contributed by atoms with Crippen molar-refractivity contribution >= 4 is 17.7 Å². The summed E-state index contributed by atoms with van der Waals surface area (Å²) in [5, 5.41) is 25.2. The van der Waals surface area contributed by atoms with Crippen LogP contribution in [0, 0.1) is 17.8 Å². The number of carbonyl (C=O) groups is 1. The summed E-state index contributed by atoms with van der Waals surface area (Å²) in [4.78, 5) is 11.0. The number of carboxylic acid groups (broad SMARTS) is 1. The molecule has 1 saturated carbocycles. The Morgan fingerprint density at radius 3 is 2.69 bits per heavy atom. The van der Waals surface area contributed by atoms with E-state index in [4.69, 9.17) is 14.2 Å². The van der Waals surface area contributed by atoms with Gasteiger partial charge in [-0.2, -0.15) is 0 Å². The van der Waals surface area contributed by atoms with Crippen LogP contribution in [0.15, 0.2) is 47.5 Å². The van der Waals surface area contributed by atoms with Crippen LogP contribution < -0.4 is 14.8 Å². The largest absolute Gasteiger partial charge is 0.497 e. The Bertz CT molecular complexity index is 932. The first kappa shape index (κ1) is 25.9. The maximum Gasteiger partial charge on any atom is 0.352 e. The van der Waals surface area contributed by atoms with E-state index < -0.39 is 16.9 Å². The molecule has 0 spiro atoms. The summed E-state index contributed by atoms with van der Waals surface area (Å²) in [6.07, 6.45) is 8.00. The Morgan fingerprint density at radius 2 is 2.03 bits per heavy atom. The number of aliphatic carboxylic acids is 1. The van der Waals surface area contributed by atoms with E-state index >= 15 is 0 Å². The number of aliphatic hydroxyl groups excluding tert-OH is 1. The molecular weight excluding hydrogens is 466 g/mol. The van der Waals surface area contributed by atoms with E-state index in [0.29, 0.717) is 13.0 Å². The van der Waals surface area contributed by atoms with Gasteiger partial charge in [-0.15, -0.1) is 11.8 Å². The van der Waals surface area contributed by atoms with Crippen molar-refractivity contribution < 1.29 is 29.2 Å². The van der Waals surface area contributed by atoms with Gasteiger partial charge in [-0.25, -0.2) is 4.79 Å². The molecule has 1 saturated heterocycles. The second-order valence-electron chi connectivity index (χ2n) is 9.91. The average Bonchev–Trinajstić information content (AvgIpc) is 3.44. The summed E-state index contributed by atoms with van der Waals surface area (Å²) in [7, 11) is 1.64. The fourth-order valence-electron chi connectivity index (χ4n) is 5.50. The SMILES string of the molecule is COc1ccc(OCCC/C=C/[C@@H]2[C@H]3CC[C@H](C4(C(C)C)NC(C(=O)O)=CS4)O[C@H]3C[C@H]2O)cc1. The maximum atomic E-state index is 11.5. The predicted octanol–water partition coefficient (Wildman–Crippen LogP) is 4.57. The number of allylic oxidation sites excluding steroid dienone is 1. The van der Waals surface area contributed by atoms with E-state index in [2.05, 4.69) is 31.3 Å². The van der Waals surface area contributed by atoms with E-state index in [0.717, 1.165) is 37.2 Å². The van der Waals surface area contributed by atoms with Crippen molar-refractivity contribution in [2.24, 2.45) is 17.8 Å². The Hall–Kier alpha value is -2.16. The highest BCUT2D eigenvalue weighted by Crippen LogP contribution is 2.50. The highest BCUT2D eigenvalue weighted by molar-refractivity contribution is 8.03. The van der Waals surface area contributed by atoms with Crippen molar-refractivity contribution in [1.29, 1.82) is 0 Å². The Morgan fingerprint density at radius 1 is 1.29 bits per heavy atom.